The van der Waals surface area contributed by atoms with Crippen molar-refractivity contribution in [3.8, 4) is 0 Å². The first-order valence-corrected chi connectivity index (χ1v) is 10.2. The van der Waals surface area contributed by atoms with Gasteiger partial charge >= 0.3 is 0 Å². The molecule has 27 heavy (non-hydrogen) atoms. The van der Waals surface area contributed by atoms with E-state index in [2.05, 4.69) is 10.0 Å². The molecule has 0 bridgehead atoms. The lowest BCUT2D eigenvalue weighted by atomic mass is 10.1. The Morgan fingerprint density at radius 1 is 1.22 bits per heavy atom. The van der Waals surface area contributed by atoms with E-state index in [0.717, 1.165) is 12.8 Å². The van der Waals surface area contributed by atoms with Gasteiger partial charge < -0.3 is 10.2 Å². The largest absolute Gasteiger partial charge is 0.334 e. The molecule has 2 aromatic carbocycles. The molecule has 1 saturated heterocycles. The summed E-state index contributed by atoms with van der Waals surface area (Å²) < 4.78 is 41.2. The van der Waals surface area contributed by atoms with Gasteiger partial charge in [-0.2, -0.15) is 0 Å². The first-order chi connectivity index (χ1) is 12.9. The highest BCUT2D eigenvalue weighted by Gasteiger charge is 2.29. The van der Waals surface area contributed by atoms with E-state index in [4.69, 9.17) is 0 Å². The van der Waals surface area contributed by atoms with Gasteiger partial charge in [-0.15, -0.1) is 0 Å². The number of rotatable bonds is 6. The second-order valence-corrected chi connectivity index (χ2v) is 8.15. The maximum absolute atomic E-state index is 13.8. The van der Waals surface area contributed by atoms with E-state index in [9.17, 15) is 17.6 Å². The standard InChI is InChI=1S/C19H22FN3O3S/c1-21-13-15-7-5-11-23(15)19(24)14-6-4-8-16(12-14)27(25,26)22-18-10-3-2-9-17(18)20/h2-4,6,8-10,12,15,21-22H,5,7,11,13H2,1H3. The third-order valence-electron chi connectivity index (χ3n) is 4.59. The number of nitrogens with one attached hydrogen (secondary N) is 2. The van der Waals surface area contributed by atoms with Gasteiger partial charge in [-0.1, -0.05) is 18.2 Å². The van der Waals surface area contributed by atoms with Gasteiger partial charge in [0.1, 0.15) is 5.82 Å². The third kappa shape index (κ3) is 4.28. The Kier molecular flexibility index (Phi) is 5.76. The van der Waals surface area contributed by atoms with Gasteiger partial charge in [0.25, 0.3) is 15.9 Å². The summed E-state index contributed by atoms with van der Waals surface area (Å²) in [7, 11) is -2.18. The topological polar surface area (TPSA) is 78.5 Å². The van der Waals surface area contributed by atoms with Crippen LogP contribution in [0.3, 0.4) is 0 Å². The molecule has 0 radical (unpaired) electrons. The Hall–Kier alpha value is -2.45. The van der Waals surface area contributed by atoms with Gasteiger partial charge in [0.05, 0.1) is 10.6 Å². The highest BCUT2D eigenvalue weighted by Crippen LogP contribution is 2.23. The van der Waals surface area contributed by atoms with Crippen LogP contribution in [-0.4, -0.2) is 45.4 Å². The Labute approximate surface area is 158 Å². The summed E-state index contributed by atoms with van der Waals surface area (Å²) in [4.78, 5) is 14.5. The number of halogens is 1. The molecule has 0 spiro atoms. The second kappa shape index (κ2) is 8.06. The van der Waals surface area contributed by atoms with Crippen molar-refractivity contribution in [2.75, 3.05) is 24.9 Å². The van der Waals surface area contributed by atoms with E-state index in [1.807, 2.05) is 7.05 Å². The van der Waals surface area contributed by atoms with Crippen molar-refractivity contribution in [2.45, 2.75) is 23.8 Å². The summed E-state index contributed by atoms with van der Waals surface area (Å²) in [5.41, 5.74) is 0.164. The van der Waals surface area contributed by atoms with E-state index < -0.39 is 15.8 Å². The molecule has 0 aromatic heterocycles. The van der Waals surface area contributed by atoms with E-state index in [1.54, 1.807) is 11.0 Å². The lowest BCUT2D eigenvalue weighted by molar-refractivity contribution is 0.0737. The Morgan fingerprint density at radius 2 is 2.00 bits per heavy atom. The normalized spacial score (nSPS) is 17.1. The average molecular weight is 391 g/mol. The van der Waals surface area contributed by atoms with Crippen LogP contribution < -0.4 is 10.0 Å². The summed E-state index contributed by atoms with van der Waals surface area (Å²) in [6.45, 7) is 1.34. The van der Waals surface area contributed by atoms with Crippen LogP contribution in [0.1, 0.15) is 23.2 Å². The molecule has 1 unspecified atom stereocenters. The summed E-state index contributed by atoms with van der Waals surface area (Å²) in [6, 6.07) is 11.5. The van der Waals surface area contributed by atoms with E-state index in [1.165, 1.54) is 42.5 Å². The van der Waals surface area contributed by atoms with Crippen LogP contribution in [0, 0.1) is 5.82 Å². The maximum atomic E-state index is 13.8. The number of hydrogen-bond donors (Lipinski definition) is 2. The van der Waals surface area contributed by atoms with E-state index in [0.29, 0.717) is 18.7 Å². The smallest absolute Gasteiger partial charge is 0.262 e. The SMILES string of the molecule is CNCC1CCCN1C(=O)c1cccc(S(=O)(=O)Nc2ccccc2F)c1. The average Bonchev–Trinajstić information content (AvgIpc) is 3.11. The number of likely N-dealkylation sites (tertiary alicyclic amines) is 1. The first-order valence-electron chi connectivity index (χ1n) is 8.75. The van der Waals surface area contributed by atoms with Crippen molar-refractivity contribution < 1.29 is 17.6 Å². The number of amides is 1. The number of benzene rings is 2. The predicted octanol–water partition coefficient (Wildman–Crippen LogP) is 2.45. The van der Waals surface area contributed by atoms with Gasteiger partial charge in [-0.3, -0.25) is 9.52 Å². The molecule has 0 saturated carbocycles. The lowest BCUT2D eigenvalue weighted by Crippen LogP contribution is -2.40. The van der Waals surface area contributed by atoms with Crippen molar-refractivity contribution in [1.29, 1.82) is 0 Å². The number of para-hydroxylation sites is 1. The molecule has 2 aromatic rings. The van der Waals surface area contributed by atoms with Gasteiger partial charge in [0.2, 0.25) is 0 Å². The second-order valence-electron chi connectivity index (χ2n) is 6.47. The number of likely N-dealkylation sites (N-methyl/N-ethyl adjacent to an activating group) is 1. The van der Waals surface area contributed by atoms with Crippen LogP contribution in [0.4, 0.5) is 10.1 Å². The van der Waals surface area contributed by atoms with Crippen molar-refractivity contribution in [3.63, 3.8) is 0 Å². The molecular formula is C19H22FN3O3S. The van der Waals surface area contributed by atoms with E-state index >= 15 is 0 Å². The van der Waals surface area contributed by atoms with E-state index in [-0.39, 0.29) is 22.5 Å². The van der Waals surface area contributed by atoms with Crippen molar-refractivity contribution >= 4 is 21.6 Å². The molecule has 1 fully saturated rings. The van der Waals surface area contributed by atoms with Crippen LogP contribution >= 0.6 is 0 Å². The molecule has 3 rings (SSSR count). The van der Waals surface area contributed by atoms with Crippen LogP contribution in [0.2, 0.25) is 0 Å². The predicted molar refractivity (Wildman–Crippen MR) is 102 cm³/mol. The molecule has 1 amide bonds. The number of sulfonamides is 1. The fraction of sp³-hybridized carbons (Fsp3) is 0.316. The van der Waals surface area contributed by atoms with Crippen LogP contribution in [-0.2, 0) is 10.0 Å². The summed E-state index contributed by atoms with van der Waals surface area (Å²) >= 11 is 0. The zero-order valence-electron chi connectivity index (χ0n) is 15.0. The maximum Gasteiger partial charge on any atom is 0.262 e. The highest BCUT2D eigenvalue weighted by atomic mass is 32.2. The molecule has 1 heterocycles. The zero-order chi connectivity index (χ0) is 19.4. The van der Waals surface area contributed by atoms with Crippen LogP contribution in [0.25, 0.3) is 0 Å². The molecular weight excluding hydrogens is 369 g/mol. The minimum atomic E-state index is -4.01. The Balaban J connectivity index is 1.84. The Morgan fingerprint density at radius 3 is 2.74 bits per heavy atom. The van der Waals surface area contributed by atoms with Gasteiger partial charge in [-0.05, 0) is 50.2 Å². The van der Waals surface area contributed by atoms with Crippen LogP contribution in [0.15, 0.2) is 53.4 Å². The number of hydrogen-bond acceptors (Lipinski definition) is 4. The fourth-order valence-corrected chi connectivity index (χ4v) is 4.37. The van der Waals surface area contributed by atoms with Crippen molar-refractivity contribution in [3.05, 3.63) is 59.9 Å². The number of nitrogens with zero attached hydrogens (tertiary/aromatic N) is 1. The number of anilines is 1. The lowest BCUT2D eigenvalue weighted by Gasteiger charge is -2.24. The Bertz CT molecular complexity index is 933. The summed E-state index contributed by atoms with van der Waals surface area (Å²) in [5.74, 6) is -0.865. The van der Waals surface area contributed by atoms with Crippen molar-refractivity contribution in [2.24, 2.45) is 0 Å². The van der Waals surface area contributed by atoms with Gasteiger partial charge in [0, 0.05) is 24.7 Å². The quantitative estimate of drug-likeness (QED) is 0.793. The molecule has 0 aliphatic carbocycles. The zero-order valence-corrected chi connectivity index (χ0v) is 15.8. The molecule has 1 atom stereocenters. The fourth-order valence-electron chi connectivity index (χ4n) is 3.26. The van der Waals surface area contributed by atoms with Gasteiger partial charge in [-0.25, -0.2) is 12.8 Å². The summed E-state index contributed by atoms with van der Waals surface area (Å²) in [6.07, 6.45) is 1.84. The van der Waals surface area contributed by atoms with Crippen LogP contribution in [0.5, 0.6) is 0 Å². The molecule has 6 nitrogen and oxygen atoms in total. The molecule has 1 aliphatic heterocycles. The minimum Gasteiger partial charge on any atom is -0.334 e. The number of carbonyl (C=O) groups excluding carboxylic acids is 1. The summed E-state index contributed by atoms with van der Waals surface area (Å²) in [5, 5.41) is 3.08. The highest BCUT2D eigenvalue weighted by molar-refractivity contribution is 7.92. The van der Waals surface area contributed by atoms with Crippen molar-refractivity contribution in [1.82, 2.24) is 10.2 Å². The third-order valence-corrected chi connectivity index (χ3v) is 5.95. The first kappa shape index (κ1) is 19.3. The monoisotopic (exact) mass is 391 g/mol. The molecule has 1 aliphatic rings. The molecule has 2 N–H and O–H groups in total. The minimum absolute atomic E-state index is 0.0824. The number of carbonyl (C=O) groups is 1. The molecule has 144 valence electrons. The molecule has 8 heteroatoms. The van der Waals surface area contributed by atoms with Gasteiger partial charge in [0.15, 0.2) is 0 Å².